The lowest BCUT2D eigenvalue weighted by atomic mass is 9.95. The molecule has 1 aromatic rings. The summed E-state index contributed by atoms with van der Waals surface area (Å²) in [5.74, 6) is 0.244. The monoisotopic (exact) mass is 236 g/mol. The molecule has 0 bridgehead atoms. The summed E-state index contributed by atoms with van der Waals surface area (Å²) in [6.45, 7) is 4.12. The second-order valence-electron chi connectivity index (χ2n) is 4.17. The average Bonchev–Trinajstić information content (AvgIpc) is 2.69. The van der Waals surface area contributed by atoms with Gasteiger partial charge in [0.25, 0.3) is 0 Å². The van der Waals surface area contributed by atoms with Crippen molar-refractivity contribution in [3.8, 4) is 11.5 Å². The first kappa shape index (κ1) is 11.8. The van der Waals surface area contributed by atoms with Crippen molar-refractivity contribution in [2.45, 2.75) is 33.3 Å². The Labute approximate surface area is 100 Å². The van der Waals surface area contributed by atoms with Crippen LogP contribution in [0.3, 0.4) is 0 Å². The van der Waals surface area contributed by atoms with Crippen molar-refractivity contribution in [2.24, 2.45) is 0 Å². The summed E-state index contributed by atoms with van der Waals surface area (Å²) < 4.78 is 10.3. The minimum Gasteiger partial charge on any atom is -0.507 e. The van der Waals surface area contributed by atoms with E-state index in [0.29, 0.717) is 23.3 Å². The molecular formula is C13H16O4. The molecule has 1 aliphatic heterocycles. The van der Waals surface area contributed by atoms with Crippen LogP contribution in [-0.4, -0.2) is 18.2 Å². The van der Waals surface area contributed by atoms with Crippen molar-refractivity contribution in [1.82, 2.24) is 0 Å². The van der Waals surface area contributed by atoms with Gasteiger partial charge >= 0.3 is 5.97 Å². The molecule has 1 aliphatic rings. The fourth-order valence-electron chi connectivity index (χ4n) is 2.32. The van der Waals surface area contributed by atoms with Gasteiger partial charge in [-0.3, -0.25) is 0 Å². The summed E-state index contributed by atoms with van der Waals surface area (Å²) >= 11 is 0. The number of phenols is 1. The predicted octanol–water partition coefficient (Wildman–Crippen LogP) is 2.33. The summed E-state index contributed by atoms with van der Waals surface area (Å²) in [5.41, 5.74) is 2.63. The van der Waals surface area contributed by atoms with Crippen LogP contribution in [0.2, 0.25) is 0 Å². The molecule has 4 nitrogen and oxygen atoms in total. The molecule has 0 atom stereocenters. The number of fused-ring (bicyclic) bond motifs is 1. The molecule has 0 unspecified atom stereocenters. The molecular weight excluding hydrogens is 220 g/mol. The number of carbonyl (C=O) groups excluding carboxylic acids is 1. The molecule has 4 heteroatoms. The van der Waals surface area contributed by atoms with Gasteiger partial charge in [0.1, 0.15) is 23.7 Å². The summed E-state index contributed by atoms with van der Waals surface area (Å²) in [5, 5.41) is 10.2. The number of phenolic OH excluding ortho intramolecular Hbond substituents is 1. The lowest BCUT2D eigenvalue weighted by molar-refractivity contribution is 0.0533. The Balaban J connectivity index is 2.72. The zero-order valence-electron chi connectivity index (χ0n) is 10.3. The summed E-state index contributed by atoms with van der Waals surface area (Å²) in [4.78, 5) is 11.6. The zero-order valence-corrected chi connectivity index (χ0v) is 10.3. The molecule has 0 fully saturated rings. The fourth-order valence-corrected chi connectivity index (χ4v) is 2.32. The first-order valence-electron chi connectivity index (χ1n) is 5.70. The third-order valence-corrected chi connectivity index (χ3v) is 3.15. The Kier molecular flexibility index (Phi) is 2.96. The standard InChI is InChI=1S/C13H16O4/c1-4-5-8-11(14)10-9(6-17-13(10)15)7(2)12(8)16-3/h14H,4-6H2,1-3H3. The topological polar surface area (TPSA) is 55.8 Å². The smallest absolute Gasteiger partial charge is 0.342 e. The van der Waals surface area contributed by atoms with E-state index in [9.17, 15) is 9.90 Å². The number of aromatic hydroxyl groups is 1. The number of rotatable bonds is 3. The summed E-state index contributed by atoms with van der Waals surface area (Å²) in [7, 11) is 1.57. The average molecular weight is 236 g/mol. The maximum atomic E-state index is 11.6. The van der Waals surface area contributed by atoms with Gasteiger partial charge in [0.15, 0.2) is 0 Å². The van der Waals surface area contributed by atoms with Crippen LogP contribution < -0.4 is 4.74 Å². The maximum Gasteiger partial charge on any atom is 0.342 e. The lowest BCUT2D eigenvalue weighted by Gasteiger charge is -2.15. The van der Waals surface area contributed by atoms with Crippen LogP contribution in [0.25, 0.3) is 0 Å². The Morgan fingerprint density at radius 1 is 1.47 bits per heavy atom. The molecule has 1 aromatic carbocycles. The molecule has 0 radical (unpaired) electrons. The van der Waals surface area contributed by atoms with Gasteiger partial charge in [0.2, 0.25) is 0 Å². The quantitative estimate of drug-likeness (QED) is 0.818. The number of cyclic esters (lactones) is 1. The molecule has 17 heavy (non-hydrogen) atoms. The number of methoxy groups -OCH3 is 1. The maximum absolute atomic E-state index is 11.6. The highest BCUT2D eigenvalue weighted by Gasteiger charge is 2.31. The van der Waals surface area contributed by atoms with Crippen molar-refractivity contribution >= 4 is 5.97 Å². The van der Waals surface area contributed by atoms with E-state index < -0.39 is 5.97 Å². The van der Waals surface area contributed by atoms with E-state index in [1.807, 2.05) is 13.8 Å². The molecule has 0 amide bonds. The third-order valence-electron chi connectivity index (χ3n) is 3.15. The van der Waals surface area contributed by atoms with Crippen molar-refractivity contribution in [2.75, 3.05) is 7.11 Å². The van der Waals surface area contributed by atoms with Gasteiger partial charge in [0.05, 0.1) is 7.11 Å². The van der Waals surface area contributed by atoms with E-state index in [1.165, 1.54) is 0 Å². The normalized spacial score (nSPS) is 13.5. The number of hydrogen-bond acceptors (Lipinski definition) is 4. The van der Waals surface area contributed by atoms with Crippen molar-refractivity contribution < 1.29 is 19.4 Å². The molecule has 0 saturated heterocycles. The molecule has 1 N–H and O–H groups in total. The Morgan fingerprint density at radius 2 is 2.18 bits per heavy atom. The van der Waals surface area contributed by atoms with E-state index in [2.05, 4.69) is 0 Å². The van der Waals surface area contributed by atoms with E-state index in [4.69, 9.17) is 9.47 Å². The first-order chi connectivity index (χ1) is 8.11. The van der Waals surface area contributed by atoms with Crippen LogP contribution in [0.15, 0.2) is 0 Å². The Hall–Kier alpha value is -1.71. The largest absolute Gasteiger partial charge is 0.507 e. The zero-order chi connectivity index (χ0) is 12.6. The highest BCUT2D eigenvalue weighted by Crippen LogP contribution is 2.41. The number of esters is 1. The molecule has 1 heterocycles. The van der Waals surface area contributed by atoms with Crippen molar-refractivity contribution in [1.29, 1.82) is 0 Å². The Morgan fingerprint density at radius 3 is 2.76 bits per heavy atom. The van der Waals surface area contributed by atoms with Gasteiger partial charge in [-0.1, -0.05) is 13.3 Å². The second kappa shape index (κ2) is 4.28. The van der Waals surface area contributed by atoms with Gasteiger partial charge in [-0.2, -0.15) is 0 Å². The Bertz CT molecular complexity index is 477. The number of carbonyl (C=O) groups is 1. The molecule has 0 spiro atoms. The SMILES string of the molecule is CCCc1c(O)c2c(c(C)c1OC)COC2=O. The number of ether oxygens (including phenoxy) is 2. The highest BCUT2D eigenvalue weighted by molar-refractivity contribution is 5.98. The number of benzene rings is 1. The minimum atomic E-state index is -0.444. The van der Waals surface area contributed by atoms with Crippen LogP contribution in [0.5, 0.6) is 11.5 Å². The van der Waals surface area contributed by atoms with Crippen LogP contribution in [0, 0.1) is 6.92 Å². The highest BCUT2D eigenvalue weighted by atomic mass is 16.5. The third kappa shape index (κ3) is 1.64. The van der Waals surface area contributed by atoms with E-state index in [-0.39, 0.29) is 12.4 Å². The van der Waals surface area contributed by atoms with E-state index >= 15 is 0 Å². The van der Waals surface area contributed by atoms with Gasteiger partial charge in [-0.05, 0) is 18.9 Å². The van der Waals surface area contributed by atoms with E-state index in [1.54, 1.807) is 7.11 Å². The molecule has 92 valence electrons. The van der Waals surface area contributed by atoms with Gasteiger partial charge in [-0.25, -0.2) is 4.79 Å². The molecule has 0 aromatic heterocycles. The minimum absolute atomic E-state index is 0.0202. The van der Waals surface area contributed by atoms with Gasteiger partial charge in [0, 0.05) is 11.1 Å². The first-order valence-corrected chi connectivity index (χ1v) is 5.70. The number of hydrogen-bond donors (Lipinski definition) is 1. The molecule has 0 aliphatic carbocycles. The summed E-state index contributed by atoms with van der Waals surface area (Å²) in [6, 6.07) is 0. The van der Waals surface area contributed by atoms with Crippen LogP contribution in [0.1, 0.15) is 40.4 Å². The summed E-state index contributed by atoms with van der Waals surface area (Å²) in [6.07, 6.45) is 1.55. The van der Waals surface area contributed by atoms with Crippen molar-refractivity contribution in [3.05, 3.63) is 22.3 Å². The molecule has 0 saturated carbocycles. The lowest BCUT2D eigenvalue weighted by Crippen LogP contribution is -2.03. The van der Waals surface area contributed by atoms with Gasteiger partial charge in [-0.15, -0.1) is 0 Å². The van der Waals surface area contributed by atoms with E-state index in [0.717, 1.165) is 17.5 Å². The van der Waals surface area contributed by atoms with Crippen LogP contribution in [0.4, 0.5) is 0 Å². The second-order valence-corrected chi connectivity index (χ2v) is 4.17. The molecule has 2 rings (SSSR count). The van der Waals surface area contributed by atoms with Gasteiger partial charge < -0.3 is 14.6 Å². The predicted molar refractivity (Wildman–Crippen MR) is 62.5 cm³/mol. The fraction of sp³-hybridized carbons (Fsp3) is 0.462. The van der Waals surface area contributed by atoms with Crippen LogP contribution in [-0.2, 0) is 17.8 Å². The van der Waals surface area contributed by atoms with Crippen molar-refractivity contribution in [3.63, 3.8) is 0 Å². The van der Waals surface area contributed by atoms with Crippen LogP contribution >= 0.6 is 0 Å².